The van der Waals surface area contributed by atoms with Crippen LogP contribution in [-0.4, -0.2) is 74.9 Å². The largest absolute Gasteiger partial charge is 0.472 e. The lowest BCUT2D eigenvalue weighted by Crippen LogP contribution is -2.37. The van der Waals surface area contributed by atoms with Crippen molar-refractivity contribution >= 4 is 19.8 Å². The molecule has 9 nitrogen and oxygen atoms in total. The molecule has 0 spiro atoms. The van der Waals surface area contributed by atoms with Crippen LogP contribution in [0.15, 0.2) is 134 Å². The predicted octanol–water partition coefficient (Wildman–Crippen LogP) is 18.1. The topological polar surface area (TPSA) is 108 Å². The van der Waals surface area contributed by atoms with Crippen molar-refractivity contribution in [2.45, 2.75) is 213 Å². The Kier molecular flexibility index (Phi) is 51.2. The third kappa shape index (κ3) is 57.4. The monoisotopic (exact) mass is 1050 g/mol. The summed E-state index contributed by atoms with van der Waals surface area (Å²) >= 11 is 0. The van der Waals surface area contributed by atoms with E-state index < -0.39 is 26.5 Å². The molecule has 0 aromatic heterocycles. The fourth-order valence-corrected chi connectivity index (χ4v) is 8.00. The molecule has 0 saturated heterocycles. The molecule has 1 N–H and O–H groups in total. The summed E-state index contributed by atoms with van der Waals surface area (Å²) in [5, 5.41) is 0. The smallest absolute Gasteiger partial charge is 0.462 e. The zero-order valence-corrected chi connectivity index (χ0v) is 48.4. The molecule has 0 bridgehead atoms. The number of allylic oxidation sites excluding steroid dienone is 22. The first-order valence-electron chi connectivity index (χ1n) is 28.9. The SMILES string of the molecule is CC/C=C\C/C=C\C/C=C\C/C=C\C/C=C\C/C=C\C/C=C\C/C=C\C/C=C\C/C=C\C/C=C\CCCCCCCC(=O)OC(COC(=O)CCCCCCCCCCCCC)COP(=O)(O)OCC[N+](C)(C)C. The normalized spacial score (nSPS) is 14.3. The quantitative estimate of drug-likeness (QED) is 0.0211. The van der Waals surface area contributed by atoms with Gasteiger partial charge in [0.2, 0.25) is 0 Å². The lowest BCUT2D eigenvalue weighted by molar-refractivity contribution is -0.870. The molecule has 0 aliphatic carbocycles. The number of ether oxygens (including phenoxy) is 2. The molecule has 2 unspecified atom stereocenters. The Balaban J connectivity index is 4.15. The minimum atomic E-state index is -4.39. The van der Waals surface area contributed by atoms with E-state index in [4.69, 9.17) is 18.5 Å². The predicted molar refractivity (Wildman–Crippen MR) is 316 cm³/mol. The van der Waals surface area contributed by atoms with E-state index in [2.05, 4.69) is 148 Å². The molecule has 0 saturated carbocycles. The molecule has 0 heterocycles. The number of carbonyl (C=O) groups is 2. The van der Waals surface area contributed by atoms with E-state index in [0.29, 0.717) is 17.4 Å². The molecule has 0 fully saturated rings. The van der Waals surface area contributed by atoms with Crippen LogP contribution in [0.5, 0.6) is 0 Å². The molecule has 2 atom stereocenters. The van der Waals surface area contributed by atoms with Gasteiger partial charge in [0.05, 0.1) is 27.7 Å². The highest BCUT2D eigenvalue weighted by Gasteiger charge is 2.27. The van der Waals surface area contributed by atoms with E-state index in [9.17, 15) is 19.0 Å². The van der Waals surface area contributed by atoms with Crippen molar-refractivity contribution in [1.29, 1.82) is 0 Å². The molecule has 0 aromatic carbocycles. The number of unbranched alkanes of at least 4 members (excludes halogenated alkanes) is 15. The number of rotatable bonds is 51. The summed E-state index contributed by atoms with van der Waals surface area (Å²) in [6, 6.07) is 0. The molecular weight excluding hydrogens is 942 g/mol. The second kappa shape index (κ2) is 54.0. The van der Waals surface area contributed by atoms with Crippen molar-refractivity contribution in [3.8, 4) is 0 Å². The van der Waals surface area contributed by atoms with Crippen LogP contribution in [0.25, 0.3) is 0 Å². The third-order valence-electron chi connectivity index (χ3n) is 11.7. The van der Waals surface area contributed by atoms with Gasteiger partial charge in [0, 0.05) is 12.8 Å². The van der Waals surface area contributed by atoms with Crippen LogP contribution in [0.1, 0.15) is 206 Å². The van der Waals surface area contributed by atoms with E-state index in [-0.39, 0.29) is 32.0 Å². The molecule has 0 aliphatic rings. The summed E-state index contributed by atoms with van der Waals surface area (Å²) in [7, 11) is 1.45. The van der Waals surface area contributed by atoms with E-state index in [1.54, 1.807) is 0 Å². The Morgan fingerprint density at radius 1 is 0.432 bits per heavy atom. The number of carbonyl (C=O) groups excluding carboxylic acids is 2. The van der Waals surface area contributed by atoms with Crippen molar-refractivity contribution in [3.63, 3.8) is 0 Å². The van der Waals surface area contributed by atoms with Crippen molar-refractivity contribution < 1.29 is 42.1 Å². The fraction of sp³-hybridized carbons (Fsp3) is 0.625. The summed E-state index contributed by atoms with van der Waals surface area (Å²) in [4.78, 5) is 35.5. The van der Waals surface area contributed by atoms with Gasteiger partial charge in [-0.15, -0.1) is 0 Å². The second-order valence-corrected chi connectivity index (χ2v) is 21.4. The van der Waals surface area contributed by atoms with Crippen molar-refractivity contribution in [1.82, 2.24) is 0 Å². The standard InChI is InChI=1S/C64H106NO8P/c1-6-8-10-12-14-16-18-19-20-21-22-23-24-25-26-27-28-29-30-31-32-33-34-35-36-37-38-39-40-41-42-43-44-45-47-49-51-53-55-57-64(67)73-62(61-72-74(68,69)71-59-58-65(3,4)5)60-70-63(66)56-54-52-50-48-46-17-15-13-11-9-7-2/h8,10,14,16,19-20,22-23,25-26,28-29,31-32,34-35,37-38,40-41,43-44,62H,6-7,9,11-13,15,17-18,21,24,27,30,33,36,39,42,45-61H2,1-5H3/p+1/b10-8-,16-14-,20-19-,23-22-,26-25-,29-28-,32-31-,35-34-,38-37-,41-40-,44-43-. The fourth-order valence-electron chi connectivity index (χ4n) is 7.25. The number of hydrogen-bond acceptors (Lipinski definition) is 7. The summed E-state index contributed by atoms with van der Waals surface area (Å²) < 4.78 is 34.4. The minimum Gasteiger partial charge on any atom is -0.462 e. The molecule has 0 amide bonds. The van der Waals surface area contributed by atoms with E-state index in [0.717, 1.165) is 122 Å². The van der Waals surface area contributed by atoms with Crippen LogP contribution >= 0.6 is 7.82 Å². The number of likely N-dealkylation sites (N-methyl/N-ethyl adjacent to an activating group) is 1. The summed E-state index contributed by atoms with van der Waals surface area (Å²) in [5.74, 6) is -0.829. The Labute approximate surface area is 453 Å². The summed E-state index contributed by atoms with van der Waals surface area (Å²) in [6.07, 6.45) is 78.2. The molecule has 0 aliphatic heterocycles. The Hall–Kier alpha value is -3.85. The first kappa shape index (κ1) is 70.1. The summed E-state index contributed by atoms with van der Waals surface area (Å²) in [6.45, 7) is 4.26. The molecule has 0 rings (SSSR count). The van der Waals surface area contributed by atoms with Crippen molar-refractivity contribution in [3.05, 3.63) is 134 Å². The lowest BCUT2D eigenvalue weighted by Gasteiger charge is -2.24. The number of hydrogen-bond donors (Lipinski definition) is 1. The van der Waals surface area contributed by atoms with Crippen LogP contribution in [0.2, 0.25) is 0 Å². The average Bonchev–Trinajstić information content (AvgIpc) is 3.36. The maximum Gasteiger partial charge on any atom is 0.472 e. The molecule has 0 aromatic rings. The lowest BCUT2D eigenvalue weighted by atomic mass is 10.1. The number of phosphoric acid groups is 1. The maximum absolute atomic E-state index is 12.8. The van der Waals surface area contributed by atoms with Crippen LogP contribution in [0.3, 0.4) is 0 Å². The second-order valence-electron chi connectivity index (χ2n) is 19.9. The first-order chi connectivity index (χ1) is 36.0. The van der Waals surface area contributed by atoms with Crippen LogP contribution in [-0.2, 0) is 32.7 Å². The van der Waals surface area contributed by atoms with Gasteiger partial charge in [-0.2, -0.15) is 0 Å². The van der Waals surface area contributed by atoms with Gasteiger partial charge in [-0.1, -0.05) is 231 Å². The maximum atomic E-state index is 12.8. The van der Waals surface area contributed by atoms with Gasteiger partial charge in [-0.25, -0.2) is 4.57 Å². The van der Waals surface area contributed by atoms with Gasteiger partial charge in [0.1, 0.15) is 19.8 Å². The van der Waals surface area contributed by atoms with Gasteiger partial charge < -0.3 is 18.9 Å². The molecular formula is C64H107NO8P+. The number of esters is 2. The highest BCUT2D eigenvalue weighted by Crippen LogP contribution is 2.43. The van der Waals surface area contributed by atoms with Gasteiger partial charge >= 0.3 is 19.8 Å². The Morgan fingerprint density at radius 2 is 0.770 bits per heavy atom. The van der Waals surface area contributed by atoms with E-state index in [1.807, 2.05) is 21.1 Å². The number of quaternary nitrogens is 1. The highest BCUT2D eigenvalue weighted by atomic mass is 31.2. The minimum absolute atomic E-state index is 0.0219. The van der Waals surface area contributed by atoms with Gasteiger partial charge in [-0.05, 0) is 96.3 Å². The average molecular weight is 1050 g/mol. The molecule has 74 heavy (non-hydrogen) atoms. The Morgan fingerprint density at radius 3 is 1.15 bits per heavy atom. The van der Waals surface area contributed by atoms with Crippen LogP contribution in [0, 0.1) is 0 Å². The highest BCUT2D eigenvalue weighted by molar-refractivity contribution is 7.47. The molecule has 10 heteroatoms. The zero-order chi connectivity index (χ0) is 54.2. The third-order valence-corrected chi connectivity index (χ3v) is 12.7. The van der Waals surface area contributed by atoms with E-state index >= 15 is 0 Å². The van der Waals surface area contributed by atoms with Crippen LogP contribution < -0.4 is 0 Å². The van der Waals surface area contributed by atoms with Gasteiger partial charge in [0.25, 0.3) is 0 Å². The van der Waals surface area contributed by atoms with Crippen molar-refractivity contribution in [2.24, 2.45) is 0 Å². The number of nitrogens with zero attached hydrogens (tertiary/aromatic N) is 1. The molecule has 0 radical (unpaired) electrons. The molecule has 420 valence electrons. The summed E-state index contributed by atoms with van der Waals surface area (Å²) in [5.41, 5.74) is 0. The zero-order valence-electron chi connectivity index (χ0n) is 47.5. The van der Waals surface area contributed by atoms with Crippen molar-refractivity contribution in [2.75, 3.05) is 47.5 Å². The number of phosphoric ester groups is 1. The van der Waals surface area contributed by atoms with Crippen LogP contribution in [0.4, 0.5) is 0 Å². The van der Waals surface area contributed by atoms with Gasteiger partial charge in [-0.3, -0.25) is 18.6 Å². The first-order valence-corrected chi connectivity index (χ1v) is 30.4. The van der Waals surface area contributed by atoms with Gasteiger partial charge in [0.15, 0.2) is 6.10 Å². The Bertz CT molecular complexity index is 1710. The van der Waals surface area contributed by atoms with E-state index in [1.165, 1.54) is 51.4 Å².